The third-order valence-corrected chi connectivity index (χ3v) is 5.38. The second kappa shape index (κ2) is 8.95. The molecule has 0 bridgehead atoms. The molecule has 154 valence electrons. The first-order valence-corrected chi connectivity index (χ1v) is 10.3. The summed E-state index contributed by atoms with van der Waals surface area (Å²) in [5.74, 6) is 0.598. The van der Waals surface area contributed by atoms with E-state index in [-0.39, 0.29) is 11.9 Å². The van der Waals surface area contributed by atoms with Gasteiger partial charge in [-0.2, -0.15) is 0 Å². The molecule has 30 heavy (non-hydrogen) atoms. The van der Waals surface area contributed by atoms with Crippen molar-refractivity contribution in [1.82, 2.24) is 9.88 Å². The summed E-state index contributed by atoms with van der Waals surface area (Å²) in [5, 5.41) is 2.34. The number of esters is 1. The fraction of sp³-hybridized carbons (Fsp3) is 0.292. The average Bonchev–Trinajstić information content (AvgIpc) is 2.79. The number of nitrogens with zero attached hydrogens (tertiary/aromatic N) is 3. The minimum Gasteiger partial charge on any atom is -0.462 e. The highest BCUT2D eigenvalue weighted by Crippen LogP contribution is 2.18. The third kappa shape index (κ3) is 4.43. The molecule has 0 unspecified atom stereocenters. The number of ether oxygens (including phenoxy) is 1. The molecule has 1 saturated heterocycles. The molecule has 1 aliphatic heterocycles. The van der Waals surface area contributed by atoms with Crippen LogP contribution >= 0.6 is 0 Å². The maximum absolute atomic E-state index is 12.8. The molecule has 6 nitrogen and oxygen atoms in total. The van der Waals surface area contributed by atoms with E-state index in [1.807, 2.05) is 29.2 Å². The molecule has 3 aromatic rings. The highest BCUT2D eigenvalue weighted by molar-refractivity contribution is 5.89. The Labute approximate surface area is 176 Å². The summed E-state index contributed by atoms with van der Waals surface area (Å²) in [6.07, 6.45) is 1.96. The Morgan fingerprint density at radius 3 is 2.43 bits per heavy atom. The van der Waals surface area contributed by atoms with Crippen molar-refractivity contribution in [2.24, 2.45) is 0 Å². The zero-order chi connectivity index (χ0) is 20.9. The number of carbonyl (C=O) groups is 2. The van der Waals surface area contributed by atoms with Crippen molar-refractivity contribution in [3.63, 3.8) is 0 Å². The SMILES string of the molecule is CCOC(=O)c1ccc(N2CCN(C(=O)Cc3ccc4ccccc4c3)CC2)nc1. The monoisotopic (exact) mass is 403 g/mol. The Kier molecular flexibility index (Phi) is 5.93. The molecule has 0 aliphatic carbocycles. The van der Waals surface area contributed by atoms with E-state index in [4.69, 9.17) is 4.74 Å². The van der Waals surface area contributed by atoms with Gasteiger partial charge in [0.1, 0.15) is 5.82 Å². The molecule has 2 aromatic carbocycles. The van der Waals surface area contributed by atoms with Gasteiger partial charge in [-0.05, 0) is 35.4 Å². The number of hydrogen-bond acceptors (Lipinski definition) is 5. The molecule has 0 N–H and O–H groups in total. The predicted octanol–water partition coefficient (Wildman–Crippen LogP) is 3.30. The maximum Gasteiger partial charge on any atom is 0.339 e. The highest BCUT2D eigenvalue weighted by Gasteiger charge is 2.22. The van der Waals surface area contributed by atoms with Crippen LogP contribution in [0, 0.1) is 0 Å². The second-order valence-corrected chi connectivity index (χ2v) is 7.35. The molecule has 2 heterocycles. The van der Waals surface area contributed by atoms with Gasteiger partial charge < -0.3 is 14.5 Å². The largest absolute Gasteiger partial charge is 0.462 e. The molecule has 1 fully saturated rings. The zero-order valence-corrected chi connectivity index (χ0v) is 17.1. The van der Waals surface area contributed by atoms with Crippen molar-refractivity contribution < 1.29 is 14.3 Å². The lowest BCUT2D eigenvalue weighted by Crippen LogP contribution is -2.49. The molecule has 1 aromatic heterocycles. The number of pyridine rings is 1. The predicted molar refractivity (Wildman–Crippen MR) is 117 cm³/mol. The van der Waals surface area contributed by atoms with Gasteiger partial charge in [0.2, 0.25) is 5.91 Å². The Morgan fingerprint density at radius 1 is 0.967 bits per heavy atom. The standard InChI is InChI=1S/C24H25N3O3/c1-2-30-24(29)21-9-10-22(25-17-21)26-11-13-27(14-12-26)23(28)16-18-7-8-19-5-3-4-6-20(19)15-18/h3-10,15,17H,2,11-14,16H2,1H3. The molecular formula is C24H25N3O3. The first-order valence-electron chi connectivity index (χ1n) is 10.3. The van der Waals surface area contributed by atoms with E-state index >= 15 is 0 Å². The number of carbonyl (C=O) groups excluding carboxylic acids is 2. The lowest BCUT2D eigenvalue weighted by molar-refractivity contribution is -0.130. The van der Waals surface area contributed by atoms with E-state index in [0.717, 1.165) is 29.9 Å². The minimum absolute atomic E-state index is 0.149. The normalized spacial score (nSPS) is 14.0. The van der Waals surface area contributed by atoms with Gasteiger partial charge in [0.25, 0.3) is 0 Å². The molecule has 1 aliphatic rings. The Hall–Kier alpha value is -3.41. The van der Waals surface area contributed by atoms with Crippen molar-refractivity contribution in [1.29, 1.82) is 0 Å². The Morgan fingerprint density at radius 2 is 1.73 bits per heavy atom. The highest BCUT2D eigenvalue weighted by atomic mass is 16.5. The van der Waals surface area contributed by atoms with Crippen molar-refractivity contribution in [2.75, 3.05) is 37.7 Å². The fourth-order valence-corrected chi connectivity index (χ4v) is 3.73. The summed E-state index contributed by atoms with van der Waals surface area (Å²) in [4.78, 5) is 33.0. The summed E-state index contributed by atoms with van der Waals surface area (Å²) >= 11 is 0. The van der Waals surface area contributed by atoms with E-state index in [9.17, 15) is 9.59 Å². The smallest absolute Gasteiger partial charge is 0.339 e. The van der Waals surface area contributed by atoms with E-state index in [1.165, 1.54) is 5.39 Å². The Balaban J connectivity index is 1.33. The number of rotatable bonds is 5. The van der Waals surface area contributed by atoms with E-state index in [0.29, 0.717) is 31.7 Å². The summed E-state index contributed by atoms with van der Waals surface area (Å²) in [6.45, 7) is 4.88. The van der Waals surface area contributed by atoms with Crippen LogP contribution in [0.2, 0.25) is 0 Å². The topological polar surface area (TPSA) is 62.7 Å². The lowest BCUT2D eigenvalue weighted by Gasteiger charge is -2.35. The van der Waals surface area contributed by atoms with Crippen molar-refractivity contribution in [3.8, 4) is 0 Å². The molecule has 0 saturated carbocycles. The number of benzene rings is 2. The average molecular weight is 403 g/mol. The van der Waals surface area contributed by atoms with Gasteiger partial charge >= 0.3 is 5.97 Å². The van der Waals surface area contributed by atoms with E-state index in [2.05, 4.69) is 34.1 Å². The van der Waals surface area contributed by atoms with Crippen molar-refractivity contribution in [3.05, 3.63) is 71.9 Å². The fourth-order valence-electron chi connectivity index (χ4n) is 3.73. The first kappa shape index (κ1) is 19.9. The number of amides is 1. The van der Waals surface area contributed by atoms with Crippen molar-refractivity contribution in [2.45, 2.75) is 13.3 Å². The number of aromatic nitrogens is 1. The van der Waals surface area contributed by atoms with Gasteiger partial charge in [-0.1, -0.05) is 42.5 Å². The van der Waals surface area contributed by atoms with Crippen LogP contribution in [0.15, 0.2) is 60.8 Å². The van der Waals surface area contributed by atoms with Gasteiger partial charge in [0.15, 0.2) is 0 Å². The van der Waals surface area contributed by atoms with Crippen molar-refractivity contribution >= 4 is 28.5 Å². The number of hydrogen-bond donors (Lipinski definition) is 0. The lowest BCUT2D eigenvalue weighted by atomic mass is 10.0. The number of piperazine rings is 1. The molecular weight excluding hydrogens is 378 g/mol. The van der Waals surface area contributed by atoms with Crippen LogP contribution in [-0.2, 0) is 16.0 Å². The summed E-state index contributed by atoms with van der Waals surface area (Å²) < 4.78 is 4.99. The molecule has 0 atom stereocenters. The first-order chi connectivity index (χ1) is 14.6. The number of anilines is 1. The van der Waals surface area contributed by atoms with Gasteiger partial charge in [0, 0.05) is 32.4 Å². The van der Waals surface area contributed by atoms with Crippen LogP contribution in [0.5, 0.6) is 0 Å². The van der Waals surface area contributed by atoms with Crippen LogP contribution in [0.25, 0.3) is 10.8 Å². The summed E-state index contributed by atoms with van der Waals surface area (Å²) in [7, 11) is 0. The van der Waals surface area contributed by atoms with Gasteiger partial charge in [-0.25, -0.2) is 9.78 Å². The van der Waals surface area contributed by atoms with Gasteiger partial charge in [0.05, 0.1) is 18.6 Å². The van der Waals surface area contributed by atoms with Crippen LogP contribution in [0.1, 0.15) is 22.8 Å². The minimum atomic E-state index is -0.361. The molecule has 0 radical (unpaired) electrons. The summed E-state index contributed by atoms with van der Waals surface area (Å²) in [5.41, 5.74) is 1.49. The zero-order valence-electron chi connectivity index (χ0n) is 17.1. The van der Waals surface area contributed by atoms with Crippen LogP contribution in [0.4, 0.5) is 5.82 Å². The second-order valence-electron chi connectivity index (χ2n) is 7.35. The summed E-state index contributed by atoms with van der Waals surface area (Å²) in [6, 6.07) is 17.9. The van der Waals surface area contributed by atoms with Crippen LogP contribution in [-0.4, -0.2) is 54.5 Å². The molecule has 0 spiro atoms. The quantitative estimate of drug-likeness (QED) is 0.612. The van der Waals surface area contributed by atoms with Gasteiger partial charge in [-0.3, -0.25) is 4.79 Å². The van der Waals surface area contributed by atoms with Gasteiger partial charge in [-0.15, -0.1) is 0 Å². The molecule has 6 heteroatoms. The van der Waals surface area contributed by atoms with Crippen LogP contribution in [0.3, 0.4) is 0 Å². The maximum atomic E-state index is 12.8. The van der Waals surface area contributed by atoms with E-state index < -0.39 is 0 Å². The Bertz CT molecular complexity index is 1040. The molecule has 1 amide bonds. The molecule has 4 rings (SSSR count). The third-order valence-electron chi connectivity index (χ3n) is 5.38. The van der Waals surface area contributed by atoms with Crippen LogP contribution < -0.4 is 4.90 Å². The number of fused-ring (bicyclic) bond motifs is 1. The van der Waals surface area contributed by atoms with E-state index in [1.54, 1.807) is 19.2 Å².